The molecule has 1 saturated carbocycles. The first-order valence-corrected chi connectivity index (χ1v) is 45.5. The van der Waals surface area contributed by atoms with E-state index in [-0.39, 0.29) is 139 Å². The Morgan fingerprint density at radius 3 is 2.05 bits per heavy atom. The van der Waals surface area contributed by atoms with Crippen molar-refractivity contribution in [2.24, 2.45) is 47.5 Å². The number of aliphatic hydroxyl groups excluding tert-OH is 4. The van der Waals surface area contributed by atoms with E-state index in [0.29, 0.717) is 132 Å². The van der Waals surface area contributed by atoms with Crippen LogP contribution in [0.25, 0.3) is 38.8 Å². The standard InChI is InChI=1S/C95H137F3N10O23/c1-13-14-15-18-61(4)80(120-10)55-70-25-20-65(8)94(119,131-70)90(115)91(116)107-32-17-16-19-76(107)92(117)130-81(73(99)51-66-21-28-78(109)82(52-66)121-11)56-79(110)62(5)50-64(7)88(113)89(114)86(63(6)49-60(2)3)103-129-59-83(111)100-31-38-124-40-42-126-44-46-128-48-47-127-45-43-125-41-39-123-37-30-85(112)106-35-33-105(34-36-106)75-27-24-69(54-72(75)95(96,97)98)108-87-71-53-67(68-23-29-84(122-12)102-57-68)22-26-74(71)101-58-77(87)104(9)93(108)118/h13-15,18,22-24,26-27,29,50,53-54,57-58,60,62-63,65-66,70,73,76,78-82,88-89,109-110,113-114,119H,1,16-17,19-21,25,28,30-49,51-52,55-56,59,99H2,2-12H3,(H,100,111)/b15-14+,61-18+,64-50+,103-86+/t62-,63-,65-,66+,70+,73-,76+,78-,79-,80+,81+,82-,88-,89+,94-/m1/s1. The molecule has 3 saturated heterocycles. The molecule has 1 aliphatic carbocycles. The maximum Gasteiger partial charge on any atom is 0.418 e. The number of halogens is 3. The number of hydrogen-bond acceptors (Lipinski definition) is 28. The number of hydrogen-bond donors (Lipinski definition) is 7. The van der Waals surface area contributed by atoms with Gasteiger partial charge in [0.1, 0.15) is 24.4 Å². The number of aryl methyl sites for hydroxylation is 1. The number of aromatic nitrogens is 4. The molecule has 33 nitrogen and oxygen atoms in total. The van der Waals surface area contributed by atoms with Crippen molar-refractivity contribution in [3.8, 4) is 22.7 Å². The first-order valence-electron chi connectivity index (χ1n) is 45.5. The number of nitrogens with zero attached hydrogens (tertiary/aromatic N) is 8. The number of piperazine rings is 1. The second-order valence-electron chi connectivity index (χ2n) is 34.8. The molecule has 3 aromatic heterocycles. The van der Waals surface area contributed by atoms with E-state index in [1.807, 2.05) is 58.0 Å². The molecule has 0 spiro atoms. The van der Waals surface area contributed by atoms with Crippen LogP contribution in [0.3, 0.4) is 0 Å². The fourth-order valence-corrected chi connectivity index (χ4v) is 17.2. The van der Waals surface area contributed by atoms with Crippen LogP contribution in [0, 0.1) is 29.6 Å². The number of carbonyl (C=O) groups is 5. The summed E-state index contributed by atoms with van der Waals surface area (Å²) in [5.74, 6) is -7.74. The first-order chi connectivity index (χ1) is 62.7. The van der Waals surface area contributed by atoms with E-state index in [0.717, 1.165) is 27.7 Å². The topological polar surface area (TPSA) is 410 Å². The third kappa shape index (κ3) is 30.0. The van der Waals surface area contributed by atoms with Gasteiger partial charge in [-0.25, -0.2) is 14.6 Å². The van der Waals surface area contributed by atoms with E-state index in [9.17, 15) is 54.3 Å². The van der Waals surface area contributed by atoms with E-state index in [1.165, 1.54) is 41.7 Å². The minimum Gasteiger partial charge on any atom is -0.481 e. The van der Waals surface area contributed by atoms with E-state index in [2.05, 4.69) is 27.0 Å². The molecular formula is C95H137F3N10O23. The number of likely N-dealkylation sites (tertiary alicyclic amines) is 1. The molecule has 6 heterocycles. The number of nitrogens with two attached hydrogens (primary N) is 1. The molecule has 2 aromatic carbocycles. The van der Waals surface area contributed by atoms with Gasteiger partial charge in [0, 0.05) is 126 Å². The van der Waals surface area contributed by atoms with Gasteiger partial charge in [-0.2, -0.15) is 13.2 Å². The number of alkyl halides is 3. The van der Waals surface area contributed by atoms with Gasteiger partial charge < -0.3 is 108 Å². The van der Waals surface area contributed by atoms with Gasteiger partial charge in [0.2, 0.25) is 17.6 Å². The molecule has 131 heavy (non-hydrogen) atoms. The number of esters is 1. The van der Waals surface area contributed by atoms with Crippen LogP contribution in [0.4, 0.5) is 18.9 Å². The number of fused-ring (bicyclic) bond motifs is 3. The lowest BCUT2D eigenvalue weighted by Crippen LogP contribution is -2.61. The Morgan fingerprint density at radius 1 is 0.763 bits per heavy atom. The number of rotatable bonds is 52. The Morgan fingerprint density at radius 2 is 1.43 bits per heavy atom. The van der Waals surface area contributed by atoms with Crippen molar-refractivity contribution in [2.75, 3.05) is 151 Å². The molecule has 0 unspecified atom stereocenters. The fraction of sp³-hybridized carbons (Fsp3) is 0.632. The van der Waals surface area contributed by atoms with Crippen LogP contribution in [0.1, 0.15) is 138 Å². The lowest BCUT2D eigenvalue weighted by molar-refractivity contribution is -0.265. The van der Waals surface area contributed by atoms with Crippen molar-refractivity contribution in [3.63, 3.8) is 0 Å². The third-order valence-corrected chi connectivity index (χ3v) is 24.8. The van der Waals surface area contributed by atoms with Crippen molar-refractivity contribution in [1.82, 2.24) is 34.2 Å². The number of methoxy groups -OCH3 is 3. The molecule has 5 aromatic rings. The molecule has 15 atom stereocenters. The number of ether oxygens (including phenoxy) is 11. The van der Waals surface area contributed by atoms with Crippen molar-refractivity contribution < 1.29 is 120 Å². The number of allylic oxidation sites excluding steroid dienone is 4. The zero-order chi connectivity index (χ0) is 95.1. The Bertz CT molecular complexity index is 4690. The number of Topliss-reactive ketones (excluding diaryl/α,β-unsaturated/α-hetero) is 1. The summed E-state index contributed by atoms with van der Waals surface area (Å²) in [5.41, 5.74) is 9.64. The molecule has 3 aliphatic heterocycles. The predicted octanol–water partition coefficient (Wildman–Crippen LogP) is 8.68. The summed E-state index contributed by atoms with van der Waals surface area (Å²) in [7, 11) is 6.14. The number of pyridine rings is 2. The number of amides is 3. The average Bonchev–Trinajstić information content (AvgIpc) is 1.59. The molecule has 726 valence electrons. The van der Waals surface area contributed by atoms with E-state index in [1.54, 1.807) is 81.3 Å². The second-order valence-corrected chi connectivity index (χ2v) is 34.8. The lowest BCUT2D eigenvalue weighted by Gasteiger charge is -2.42. The maximum atomic E-state index is 15.0. The summed E-state index contributed by atoms with van der Waals surface area (Å²) in [6, 6.07) is 10.8. The third-order valence-electron chi connectivity index (χ3n) is 24.8. The Kier molecular flexibility index (Phi) is 42.0. The van der Waals surface area contributed by atoms with Gasteiger partial charge in [-0.3, -0.25) is 33.3 Å². The van der Waals surface area contributed by atoms with Crippen LogP contribution in [0.2, 0.25) is 0 Å². The Labute approximate surface area is 764 Å². The largest absolute Gasteiger partial charge is 0.481 e. The summed E-state index contributed by atoms with van der Waals surface area (Å²) in [4.78, 5) is 102. The molecular weight excluding hydrogens is 1710 g/mol. The molecule has 36 heteroatoms. The zero-order valence-corrected chi connectivity index (χ0v) is 77.5. The molecule has 0 bridgehead atoms. The van der Waals surface area contributed by atoms with Crippen molar-refractivity contribution in [3.05, 3.63) is 125 Å². The van der Waals surface area contributed by atoms with Gasteiger partial charge in [-0.1, -0.05) is 82.8 Å². The van der Waals surface area contributed by atoms with Crippen molar-refractivity contribution in [2.45, 2.75) is 205 Å². The summed E-state index contributed by atoms with van der Waals surface area (Å²) < 4.78 is 110. The highest BCUT2D eigenvalue weighted by Crippen LogP contribution is 2.42. The van der Waals surface area contributed by atoms with Crippen LogP contribution in [0.15, 0.2) is 119 Å². The van der Waals surface area contributed by atoms with Crippen molar-refractivity contribution in [1.29, 1.82) is 0 Å². The number of anilines is 1. The summed E-state index contributed by atoms with van der Waals surface area (Å²) >= 11 is 0. The Balaban J connectivity index is 0.629. The van der Waals surface area contributed by atoms with E-state index in [4.69, 9.17) is 62.7 Å². The predicted molar refractivity (Wildman–Crippen MR) is 485 cm³/mol. The number of benzene rings is 2. The molecule has 3 amide bonds. The Hall–Kier alpha value is -8.96. The minimum absolute atomic E-state index is 0.0149. The van der Waals surface area contributed by atoms with Gasteiger partial charge in [0.25, 0.3) is 17.6 Å². The molecule has 0 radical (unpaired) electrons. The van der Waals surface area contributed by atoms with Gasteiger partial charge in [0.15, 0.2) is 6.61 Å². The van der Waals surface area contributed by atoms with Crippen LogP contribution < -0.4 is 26.4 Å². The monoisotopic (exact) mass is 1840 g/mol. The molecule has 8 N–H and O–H groups in total. The van der Waals surface area contributed by atoms with Crippen LogP contribution in [0.5, 0.6) is 5.88 Å². The first kappa shape index (κ1) is 106. The van der Waals surface area contributed by atoms with Crippen LogP contribution in [-0.4, -0.2) is 303 Å². The van der Waals surface area contributed by atoms with Gasteiger partial charge in [-0.15, -0.1) is 0 Å². The van der Waals surface area contributed by atoms with Gasteiger partial charge in [0.05, 0.1) is 163 Å². The quantitative estimate of drug-likeness (QED) is 0.00364. The second kappa shape index (κ2) is 52.1. The summed E-state index contributed by atoms with van der Waals surface area (Å²) in [5, 5.41) is 65.7. The molecule has 9 rings (SSSR count). The lowest BCUT2D eigenvalue weighted by atomic mass is 9.80. The summed E-state index contributed by atoms with van der Waals surface area (Å²) in [6.45, 7) is 19.8. The zero-order valence-electron chi connectivity index (χ0n) is 77.5. The minimum atomic E-state index is -4.78. The number of ketones is 1. The number of carbonyl (C=O) groups excluding carboxylic acids is 5. The number of piperidine rings is 1. The van der Waals surface area contributed by atoms with E-state index < -0.39 is 132 Å². The SMILES string of the molecule is C=C/C=C/C=C(\C)[C@H](C[C@@H]1CC[C@@H](C)[C@](O)(C(=O)C(=O)N2CCCC[C@H]2C(=O)O[C@@H](C[C@@H](O)[C@H](C)/C=C(\C)[C@@H](O)[C@@H](O)/C(=N/OCC(=O)NCCOCCOCCOCCOCCOCCOCCC(=O)N2CCN(c3ccc(-n4c(=O)n(C)c5cnc6ccc(-c7ccc(OC)nc7)cc6c54)cc3C(F)(F)F)CC2)[C@H](C)CC(C)C)[C@H](N)C[C@@H]2CC[C@@H](O)[C@H](OC)C2)O1)OC. The molecule has 4 aliphatic rings. The normalized spacial score (nSPS) is 21.7. The number of oxime groups is 1. The van der Waals surface area contributed by atoms with Crippen LogP contribution >= 0.6 is 0 Å². The highest BCUT2D eigenvalue weighted by molar-refractivity contribution is 6.39. The fourth-order valence-electron chi connectivity index (χ4n) is 17.2. The smallest absolute Gasteiger partial charge is 0.418 e. The van der Waals surface area contributed by atoms with Crippen LogP contribution in [-0.2, 0) is 89.4 Å². The number of aliphatic hydroxyl groups is 5. The number of imidazole rings is 1. The van der Waals surface area contributed by atoms with Gasteiger partial charge >= 0.3 is 17.8 Å². The summed E-state index contributed by atoms with van der Waals surface area (Å²) in [6.07, 6.45) is 3.88. The highest BCUT2D eigenvalue weighted by Gasteiger charge is 2.53. The number of nitrogens with one attached hydrogen (secondary N) is 1. The average molecular weight is 1840 g/mol. The van der Waals surface area contributed by atoms with Gasteiger partial charge in [-0.05, 0) is 143 Å². The molecule has 4 fully saturated rings. The van der Waals surface area contributed by atoms with Crippen molar-refractivity contribution >= 4 is 62.8 Å². The maximum absolute atomic E-state index is 15.0. The van der Waals surface area contributed by atoms with E-state index >= 15 is 13.2 Å². The highest BCUT2D eigenvalue weighted by atomic mass is 19.4.